The minimum atomic E-state index is -0.895. The highest BCUT2D eigenvalue weighted by Gasteiger charge is 2.38. The lowest BCUT2D eigenvalue weighted by Gasteiger charge is -2.36. The standard InChI is InChI=1S/C34H45N3O4/c1-8-10-21-37(32(39)29(24(4)9-2)36-33(40)41-34(5,6)7)30(26-17-15-23(3)16-18-26)31(38)35-28-20-19-25-13-11-12-14-27(25)22-28/h11-20,22,24,29-30H,8-10,21H2,1-7H3,(H,35,38)(H,36,40). The lowest BCUT2D eigenvalue weighted by atomic mass is 9.95. The van der Waals surface area contributed by atoms with Crippen molar-refractivity contribution < 1.29 is 19.1 Å². The van der Waals surface area contributed by atoms with Gasteiger partial charge in [-0.15, -0.1) is 0 Å². The predicted molar refractivity (Wildman–Crippen MR) is 166 cm³/mol. The maximum absolute atomic E-state index is 14.3. The number of aryl methyl sites for hydroxylation is 1. The number of anilines is 1. The van der Waals surface area contributed by atoms with Gasteiger partial charge in [0.05, 0.1) is 0 Å². The number of rotatable bonds is 11. The Balaban J connectivity index is 2.02. The minimum absolute atomic E-state index is 0.179. The predicted octanol–water partition coefficient (Wildman–Crippen LogP) is 7.40. The number of carbonyl (C=O) groups is 3. The number of alkyl carbamates (subject to hydrolysis) is 1. The molecule has 0 aromatic heterocycles. The van der Waals surface area contributed by atoms with Crippen LogP contribution in [0.5, 0.6) is 0 Å². The third kappa shape index (κ3) is 8.81. The maximum Gasteiger partial charge on any atom is 0.408 e. The molecule has 0 fully saturated rings. The number of fused-ring (bicyclic) bond motifs is 1. The van der Waals surface area contributed by atoms with E-state index in [4.69, 9.17) is 4.74 Å². The Morgan fingerprint density at radius 1 is 0.927 bits per heavy atom. The van der Waals surface area contributed by atoms with Crippen LogP contribution in [0.25, 0.3) is 10.8 Å². The van der Waals surface area contributed by atoms with Crippen LogP contribution in [0, 0.1) is 12.8 Å². The van der Waals surface area contributed by atoms with Gasteiger partial charge in [0.1, 0.15) is 17.7 Å². The van der Waals surface area contributed by atoms with Crippen LogP contribution in [0.4, 0.5) is 10.5 Å². The summed E-state index contributed by atoms with van der Waals surface area (Å²) in [7, 11) is 0. The molecule has 0 aliphatic heterocycles. The molecule has 41 heavy (non-hydrogen) atoms. The number of hydrogen-bond donors (Lipinski definition) is 2. The summed E-state index contributed by atoms with van der Waals surface area (Å²) in [5.74, 6) is -0.798. The van der Waals surface area contributed by atoms with Crippen LogP contribution >= 0.6 is 0 Å². The van der Waals surface area contributed by atoms with Crippen molar-refractivity contribution in [1.29, 1.82) is 0 Å². The maximum atomic E-state index is 14.3. The van der Waals surface area contributed by atoms with Gasteiger partial charge in [0.15, 0.2) is 0 Å². The largest absolute Gasteiger partial charge is 0.444 e. The van der Waals surface area contributed by atoms with Gasteiger partial charge >= 0.3 is 6.09 Å². The first kappa shape index (κ1) is 31.7. The van der Waals surface area contributed by atoms with E-state index in [1.807, 2.05) is 94.4 Å². The molecule has 3 atom stereocenters. The van der Waals surface area contributed by atoms with Crippen LogP contribution < -0.4 is 10.6 Å². The van der Waals surface area contributed by atoms with Crippen LogP contribution in [0.2, 0.25) is 0 Å². The second-order valence-electron chi connectivity index (χ2n) is 11.8. The number of hydrogen-bond acceptors (Lipinski definition) is 4. The molecule has 3 aromatic carbocycles. The number of amides is 3. The van der Waals surface area contributed by atoms with Crippen molar-refractivity contribution in [3.63, 3.8) is 0 Å². The summed E-state index contributed by atoms with van der Waals surface area (Å²) in [6, 6.07) is 19.7. The first-order valence-electron chi connectivity index (χ1n) is 14.6. The lowest BCUT2D eigenvalue weighted by Crippen LogP contribution is -2.55. The van der Waals surface area contributed by atoms with Crippen LogP contribution in [-0.4, -0.2) is 41.0 Å². The van der Waals surface area contributed by atoms with Gasteiger partial charge in [0.2, 0.25) is 5.91 Å². The SMILES string of the molecule is CCCCN(C(=O)C(NC(=O)OC(C)(C)C)C(C)CC)C(C(=O)Nc1ccc2ccccc2c1)c1ccc(C)cc1. The van der Waals surface area contributed by atoms with E-state index in [9.17, 15) is 14.4 Å². The first-order chi connectivity index (χ1) is 19.4. The van der Waals surface area contributed by atoms with Crippen molar-refractivity contribution in [3.05, 3.63) is 77.9 Å². The van der Waals surface area contributed by atoms with Crippen molar-refractivity contribution in [2.75, 3.05) is 11.9 Å². The topological polar surface area (TPSA) is 87.7 Å². The Labute approximate surface area is 244 Å². The zero-order valence-corrected chi connectivity index (χ0v) is 25.5. The van der Waals surface area contributed by atoms with Gasteiger partial charge in [-0.25, -0.2) is 4.79 Å². The lowest BCUT2D eigenvalue weighted by molar-refractivity contribution is -0.142. The fraction of sp³-hybridized carbons (Fsp3) is 0.441. The van der Waals surface area contributed by atoms with E-state index in [0.29, 0.717) is 30.6 Å². The highest BCUT2D eigenvalue weighted by atomic mass is 16.6. The Morgan fingerprint density at radius 3 is 2.20 bits per heavy atom. The summed E-state index contributed by atoms with van der Waals surface area (Å²) in [6.07, 6.45) is 1.55. The number of unbranched alkanes of at least 4 members (excludes halogenated alkanes) is 1. The average molecular weight is 560 g/mol. The molecule has 7 heteroatoms. The molecule has 0 bridgehead atoms. The van der Waals surface area contributed by atoms with Gasteiger partial charge in [-0.1, -0.05) is 93.8 Å². The van der Waals surface area contributed by atoms with E-state index in [0.717, 1.165) is 22.8 Å². The van der Waals surface area contributed by atoms with E-state index >= 15 is 0 Å². The van der Waals surface area contributed by atoms with E-state index in [2.05, 4.69) is 10.6 Å². The van der Waals surface area contributed by atoms with Gasteiger partial charge in [-0.2, -0.15) is 0 Å². The van der Waals surface area contributed by atoms with Crippen LogP contribution in [0.15, 0.2) is 66.7 Å². The smallest absolute Gasteiger partial charge is 0.408 e. The molecule has 3 aromatic rings. The van der Waals surface area contributed by atoms with Crippen LogP contribution in [0.3, 0.4) is 0 Å². The highest BCUT2D eigenvalue weighted by Crippen LogP contribution is 2.28. The molecule has 0 spiro atoms. The highest BCUT2D eigenvalue weighted by molar-refractivity contribution is 6.00. The van der Waals surface area contributed by atoms with Crippen LogP contribution in [0.1, 0.15) is 78.0 Å². The summed E-state index contributed by atoms with van der Waals surface area (Å²) in [5, 5.41) is 7.97. The molecule has 0 aliphatic carbocycles. The number of benzene rings is 3. The van der Waals surface area contributed by atoms with Crippen LogP contribution in [-0.2, 0) is 14.3 Å². The summed E-state index contributed by atoms with van der Waals surface area (Å²) in [4.78, 5) is 42.9. The second-order valence-corrected chi connectivity index (χ2v) is 11.8. The molecule has 0 heterocycles. The number of nitrogens with one attached hydrogen (secondary N) is 2. The number of carbonyl (C=O) groups excluding carboxylic acids is 3. The fourth-order valence-corrected chi connectivity index (χ4v) is 4.69. The van der Waals surface area contributed by atoms with Gasteiger partial charge < -0.3 is 20.3 Å². The van der Waals surface area contributed by atoms with Crippen molar-refractivity contribution in [1.82, 2.24) is 10.2 Å². The van der Waals surface area contributed by atoms with E-state index in [1.54, 1.807) is 25.7 Å². The van der Waals surface area contributed by atoms with E-state index in [-0.39, 0.29) is 17.7 Å². The van der Waals surface area contributed by atoms with Gasteiger partial charge in [0, 0.05) is 12.2 Å². The minimum Gasteiger partial charge on any atom is -0.444 e. The molecule has 0 radical (unpaired) electrons. The summed E-state index contributed by atoms with van der Waals surface area (Å²) >= 11 is 0. The summed E-state index contributed by atoms with van der Waals surface area (Å²) < 4.78 is 5.49. The third-order valence-electron chi connectivity index (χ3n) is 7.16. The number of ether oxygens (including phenoxy) is 1. The Kier molecular flexibility index (Phi) is 10.9. The monoisotopic (exact) mass is 559 g/mol. The molecule has 2 N–H and O–H groups in total. The zero-order valence-electron chi connectivity index (χ0n) is 25.5. The Bertz CT molecular complexity index is 1330. The summed E-state index contributed by atoms with van der Waals surface area (Å²) in [5.41, 5.74) is 1.70. The molecule has 3 unspecified atom stereocenters. The quantitative estimate of drug-likeness (QED) is 0.256. The summed E-state index contributed by atoms with van der Waals surface area (Å²) in [6.45, 7) is 13.6. The zero-order chi connectivity index (χ0) is 30.2. The molecular weight excluding hydrogens is 514 g/mol. The van der Waals surface area contributed by atoms with Crippen molar-refractivity contribution in [3.8, 4) is 0 Å². The molecule has 0 saturated heterocycles. The molecular formula is C34H45N3O4. The third-order valence-corrected chi connectivity index (χ3v) is 7.16. The molecule has 3 rings (SSSR count). The molecule has 7 nitrogen and oxygen atoms in total. The number of nitrogens with zero attached hydrogens (tertiary/aromatic N) is 1. The van der Waals surface area contributed by atoms with Crippen molar-refractivity contribution >= 4 is 34.4 Å². The van der Waals surface area contributed by atoms with Gasteiger partial charge in [-0.3, -0.25) is 9.59 Å². The van der Waals surface area contributed by atoms with E-state index in [1.165, 1.54) is 0 Å². The van der Waals surface area contributed by atoms with Crippen molar-refractivity contribution in [2.24, 2.45) is 5.92 Å². The molecule has 0 aliphatic rings. The Morgan fingerprint density at radius 2 is 1.59 bits per heavy atom. The van der Waals surface area contributed by atoms with Gasteiger partial charge in [-0.05, 0) is 68.5 Å². The second kappa shape index (κ2) is 14.2. The van der Waals surface area contributed by atoms with Gasteiger partial charge in [0.25, 0.3) is 5.91 Å². The molecule has 3 amide bonds. The Hall–Kier alpha value is -3.87. The molecule has 220 valence electrons. The average Bonchev–Trinajstić information content (AvgIpc) is 2.93. The van der Waals surface area contributed by atoms with Crippen molar-refractivity contribution in [2.45, 2.75) is 85.4 Å². The fourth-order valence-electron chi connectivity index (χ4n) is 4.69. The normalized spacial score (nSPS) is 13.6. The first-order valence-corrected chi connectivity index (χ1v) is 14.6. The van der Waals surface area contributed by atoms with E-state index < -0.39 is 23.8 Å². The molecule has 0 saturated carbocycles.